The molecule has 3 rings (SSSR count). The molecule has 0 amide bonds. The summed E-state index contributed by atoms with van der Waals surface area (Å²) in [7, 11) is 0. The summed E-state index contributed by atoms with van der Waals surface area (Å²) >= 11 is 0. The van der Waals surface area contributed by atoms with Crippen molar-refractivity contribution in [1.29, 1.82) is 0 Å². The average molecular weight is 324 g/mol. The molecule has 5 heteroatoms. The van der Waals surface area contributed by atoms with Gasteiger partial charge in [0.1, 0.15) is 5.82 Å². The van der Waals surface area contributed by atoms with Crippen molar-refractivity contribution in [3.63, 3.8) is 0 Å². The van der Waals surface area contributed by atoms with Gasteiger partial charge in [-0.2, -0.15) is 0 Å². The monoisotopic (exact) mass is 324 g/mol. The van der Waals surface area contributed by atoms with Crippen LogP contribution in [0, 0.1) is 5.82 Å². The summed E-state index contributed by atoms with van der Waals surface area (Å²) in [6, 6.07) is 13.4. The Morgan fingerprint density at radius 2 is 1.67 bits per heavy atom. The molecule has 1 heterocycles. The lowest BCUT2D eigenvalue weighted by atomic mass is 10.1. The van der Waals surface area contributed by atoms with Crippen LogP contribution in [-0.4, -0.2) is 9.13 Å². The topological polar surface area (TPSA) is 44.0 Å². The summed E-state index contributed by atoms with van der Waals surface area (Å²) in [5.41, 5.74) is 1.31. The third-order valence-corrected chi connectivity index (χ3v) is 3.92. The Hall–Kier alpha value is -2.95. The Bertz CT molecular complexity index is 972. The lowest BCUT2D eigenvalue weighted by Crippen LogP contribution is -2.40. The fourth-order valence-corrected chi connectivity index (χ4v) is 2.55. The van der Waals surface area contributed by atoms with E-state index in [1.807, 2.05) is 25.1 Å². The van der Waals surface area contributed by atoms with Gasteiger partial charge in [-0.05, 0) is 41.8 Å². The second-order valence-electron chi connectivity index (χ2n) is 5.56. The maximum Gasteiger partial charge on any atom is 0.320 e. The summed E-state index contributed by atoms with van der Waals surface area (Å²) in [6.07, 6.45) is 4.01. The van der Waals surface area contributed by atoms with Gasteiger partial charge in [-0.25, -0.2) is 4.39 Å². The van der Waals surface area contributed by atoms with E-state index in [4.69, 9.17) is 0 Å². The van der Waals surface area contributed by atoms with Crippen molar-refractivity contribution in [3.8, 4) is 5.69 Å². The van der Waals surface area contributed by atoms with Gasteiger partial charge in [0.15, 0.2) is 0 Å². The Morgan fingerprint density at radius 3 is 2.38 bits per heavy atom. The first-order chi connectivity index (χ1) is 11.6. The van der Waals surface area contributed by atoms with Gasteiger partial charge in [0.05, 0.1) is 6.54 Å². The smallest absolute Gasteiger partial charge is 0.305 e. The van der Waals surface area contributed by atoms with Gasteiger partial charge in [-0.15, -0.1) is 0 Å². The zero-order valence-corrected chi connectivity index (χ0v) is 13.3. The van der Waals surface area contributed by atoms with E-state index in [0.717, 1.165) is 17.5 Å². The second-order valence-corrected chi connectivity index (χ2v) is 5.56. The predicted octanol–water partition coefficient (Wildman–Crippen LogP) is 2.75. The third kappa shape index (κ3) is 3.20. The van der Waals surface area contributed by atoms with Gasteiger partial charge in [0.2, 0.25) is 0 Å². The lowest BCUT2D eigenvalue weighted by molar-refractivity contribution is 0.625. The fraction of sp³-hybridized carbons (Fsp3) is 0.158. The molecule has 0 bridgehead atoms. The van der Waals surface area contributed by atoms with E-state index in [1.165, 1.54) is 21.3 Å². The van der Waals surface area contributed by atoms with Crippen molar-refractivity contribution in [2.24, 2.45) is 0 Å². The molecule has 0 unspecified atom stereocenters. The third-order valence-electron chi connectivity index (χ3n) is 3.92. The zero-order chi connectivity index (χ0) is 17.1. The molecule has 0 fully saturated rings. The minimum absolute atomic E-state index is 0.226. The Balaban J connectivity index is 1.98. The molecule has 3 aromatic rings. The first-order valence-corrected chi connectivity index (χ1v) is 7.74. The molecule has 0 saturated carbocycles. The molecule has 0 radical (unpaired) electrons. The van der Waals surface area contributed by atoms with Crippen molar-refractivity contribution >= 4 is 0 Å². The molecule has 4 nitrogen and oxygen atoms in total. The number of hydrogen-bond donors (Lipinski definition) is 0. The van der Waals surface area contributed by atoms with Crippen molar-refractivity contribution < 1.29 is 4.39 Å². The maximum absolute atomic E-state index is 12.9. The summed E-state index contributed by atoms with van der Waals surface area (Å²) in [5, 5.41) is 0. The standard InChI is InChI=1S/C19H17FN2O2/c1-2-14-4-3-5-17(12-14)22-11-10-21(18(23)19(22)24)13-15-6-8-16(20)9-7-15/h3-12H,2,13H2,1H3. The highest BCUT2D eigenvalue weighted by Gasteiger charge is 2.08. The Labute approximate surface area is 138 Å². The summed E-state index contributed by atoms with van der Waals surface area (Å²) in [4.78, 5) is 24.7. The zero-order valence-electron chi connectivity index (χ0n) is 13.3. The van der Waals surface area contributed by atoms with E-state index in [-0.39, 0.29) is 12.4 Å². The van der Waals surface area contributed by atoms with Gasteiger partial charge in [-0.3, -0.25) is 14.2 Å². The second kappa shape index (κ2) is 6.66. The van der Waals surface area contributed by atoms with Crippen LogP contribution in [-0.2, 0) is 13.0 Å². The van der Waals surface area contributed by atoms with E-state index in [2.05, 4.69) is 0 Å². The van der Waals surface area contributed by atoms with Crippen molar-refractivity contribution in [1.82, 2.24) is 9.13 Å². The van der Waals surface area contributed by atoms with Crippen LogP contribution in [0.2, 0.25) is 0 Å². The minimum Gasteiger partial charge on any atom is -0.305 e. The van der Waals surface area contributed by atoms with Crippen LogP contribution in [0.15, 0.2) is 70.5 Å². The van der Waals surface area contributed by atoms with E-state index < -0.39 is 11.1 Å². The molecule has 122 valence electrons. The number of hydrogen-bond acceptors (Lipinski definition) is 2. The van der Waals surface area contributed by atoms with Crippen LogP contribution >= 0.6 is 0 Å². The SMILES string of the molecule is CCc1cccc(-n2ccn(Cc3ccc(F)cc3)c(=O)c2=O)c1. The van der Waals surface area contributed by atoms with Crippen LogP contribution in [0.4, 0.5) is 4.39 Å². The quantitative estimate of drug-likeness (QED) is 0.693. The molecular weight excluding hydrogens is 307 g/mol. The summed E-state index contributed by atoms with van der Waals surface area (Å²) < 4.78 is 15.6. The van der Waals surface area contributed by atoms with Crippen molar-refractivity contribution in [3.05, 3.63) is 98.6 Å². The van der Waals surface area contributed by atoms with Crippen LogP contribution in [0.1, 0.15) is 18.1 Å². The summed E-state index contributed by atoms with van der Waals surface area (Å²) in [5.74, 6) is -0.336. The van der Waals surface area contributed by atoms with E-state index >= 15 is 0 Å². The van der Waals surface area contributed by atoms with Crippen LogP contribution in [0.25, 0.3) is 5.69 Å². The van der Waals surface area contributed by atoms with Gasteiger partial charge in [-0.1, -0.05) is 31.2 Å². The number of aromatic nitrogens is 2. The molecule has 0 N–H and O–H groups in total. The number of halogens is 1. The molecule has 0 aliphatic carbocycles. The molecule has 1 aromatic heterocycles. The molecule has 24 heavy (non-hydrogen) atoms. The van der Waals surface area contributed by atoms with Gasteiger partial charge >= 0.3 is 11.1 Å². The number of benzene rings is 2. The van der Waals surface area contributed by atoms with Crippen LogP contribution < -0.4 is 11.1 Å². The number of rotatable bonds is 4. The van der Waals surface area contributed by atoms with Crippen molar-refractivity contribution in [2.75, 3.05) is 0 Å². The van der Waals surface area contributed by atoms with Gasteiger partial charge < -0.3 is 4.57 Å². The summed E-state index contributed by atoms with van der Waals surface area (Å²) in [6.45, 7) is 2.26. The Kier molecular flexibility index (Phi) is 4.42. The highest BCUT2D eigenvalue weighted by molar-refractivity contribution is 5.36. The first kappa shape index (κ1) is 15.9. The van der Waals surface area contributed by atoms with E-state index in [9.17, 15) is 14.0 Å². The molecule has 0 atom stereocenters. The molecule has 0 spiro atoms. The molecular formula is C19H17FN2O2. The molecule has 2 aromatic carbocycles. The molecule has 0 aliphatic heterocycles. The predicted molar refractivity (Wildman–Crippen MR) is 91.2 cm³/mol. The van der Waals surface area contributed by atoms with Crippen molar-refractivity contribution in [2.45, 2.75) is 19.9 Å². The fourth-order valence-electron chi connectivity index (χ4n) is 2.55. The van der Waals surface area contributed by atoms with Crippen LogP contribution in [0.3, 0.4) is 0 Å². The number of nitrogens with zero attached hydrogens (tertiary/aromatic N) is 2. The van der Waals surface area contributed by atoms with E-state index in [1.54, 1.807) is 30.6 Å². The van der Waals surface area contributed by atoms with E-state index in [0.29, 0.717) is 5.69 Å². The largest absolute Gasteiger partial charge is 0.320 e. The van der Waals surface area contributed by atoms with Gasteiger partial charge in [0.25, 0.3) is 0 Å². The normalized spacial score (nSPS) is 10.8. The Morgan fingerprint density at radius 1 is 0.917 bits per heavy atom. The average Bonchev–Trinajstić information content (AvgIpc) is 2.61. The van der Waals surface area contributed by atoms with Crippen LogP contribution in [0.5, 0.6) is 0 Å². The minimum atomic E-state index is -0.608. The number of aryl methyl sites for hydroxylation is 1. The molecule has 0 saturated heterocycles. The highest BCUT2D eigenvalue weighted by atomic mass is 19.1. The highest BCUT2D eigenvalue weighted by Crippen LogP contribution is 2.09. The van der Waals surface area contributed by atoms with Gasteiger partial charge in [0, 0.05) is 18.1 Å². The maximum atomic E-state index is 12.9. The molecule has 0 aliphatic rings. The lowest BCUT2D eigenvalue weighted by Gasteiger charge is -2.10. The first-order valence-electron chi connectivity index (χ1n) is 7.74.